The van der Waals surface area contributed by atoms with Gasteiger partial charge in [0.2, 0.25) is 0 Å². The van der Waals surface area contributed by atoms with E-state index in [0.29, 0.717) is 12.4 Å². The van der Waals surface area contributed by atoms with Crippen molar-refractivity contribution in [2.75, 3.05) is 13.7 Å². The summed E-state index contributed by atoms with van der Waals surface area (Å²) in [5.74, 6) is 1.19. The SMILES string of the molecule is CCOc1cccc(OC)c1C(C)C=O. The number of rotatable bonds is 5. The Morgan fingerprint density at radius 1 is 1.40 bits per heavy atom. The Balaban J connectivity index is 3.19. The number of ether oxygens (including phenoxy) is 2. The average Bonchev–Trinajstić information content (AvgIpc) is 2.28. The quantitative estimate of drug-likeness (QED) is 0.697. The van der Waals surface area contributed by atoms with Gasteiger partial charge >= 0.3 is 0 Å². The third-order valence-corrected chi connectivity index (χ3v) is 2.21. The van der Waals surface area contributed by atoms with Crippen molar-refractivity contribution in [2.24, 2.45) is 0 Å². The van der Waals surface area contributed by atoms with E-state index in [1.807, 2.05) is 32.0 Å². The fourth-order valence-electron chi connectivity index (χ4n) is 1.50. The molecule has 0 heterocycles. The number of carbonyl (C=O) groups excluding carboxylic acids is 1. The van der Waals surface area contributed by atoms with Crippen LogP contribution >= 0.6 is 0 Å². The summed E-state index contributed by atoms with van der Waals surface area (Å²) >= 11 is 0. The van der Waals surface area contributed by atoms with Crippen LogP contribution in [0.15, 0.2) is 18.2 Å². The lowest BCUT2D eigenvalue weighted by Crippen LogP contribution is -2.03. The molecule has 0 bridgehead atoms. The predicted octanol–water partition coefficient (Wildman–Crippen LogP) is 2.40. The van der Waals surface area contributed by atoms with E-state index < -0.39 is 0 Å². The van der Waals surface area contributed by atoms with E-state index in [1.54, 1.807) is 7.11 Å². The molecular formula is C12H16O3. The van der Waals surface area contributed by atoms with E-state index in [1.165, 1.54) is 0 Å². The van der Waals surface area contributed by atoms with Crippen LogP contribution in [0, 0.1) is 0 Å². The molecule has 0 saturated heterocycles. The van der Waals surface area contributed by atoms with Crippen molar-refractivity contribution in [3.05, 3.63) is 23.8 Å². The lowest BCUT2D eigenvalue weighted by Gasteiger charge is -2.15. The molecule has 0 aliphatic rings. The Morgan fingerprint density at radius 2 is 2.07 bits per heavy atom. The Hall–Kier alpha value is -1.51. The van der Waals surface area contributed by atoms with Gasteiger partial charge in [0.1, 0.15) is 17.8 Å². The second kappa shape index (κ2) is 5.39. The molecule has 3 heteroatoms. The van der Waals surface area contributed by atoms with Gasteiger partial charge in [-0.2, -0.15) is 0 Å². The van der Waals surface area contributed by atoms with Crippen molar-refractivity contribution >= 4 is 6.29 Å². The first-order valence-corrected chi connectivity index (χ1v) is 4.99. The van der Waals surface area contributed by atoms with Crippen LogP contribution in [0.3, 0.4) is 0 Å². The van der Waals surface area contributed by atoms with Gasteiger partial charge in [0.05, 0.1) is 13.7 Å². The van der Waals surface area contributed by atoms with Gasteiger partial charge in [-0.25, -0.2) is 0 Å². The minimum absolute atomic E-state index is 0.220. The van der Waals surface area contributed by atoms with Gasteiger partial charge in [-0.1, -0.05) is 13.0 Å². The maximum atomic E-state index is 10.8. The van der Waals surface area contributed by atoms with Crippen molar-refractivity contribution < 1.29 is 14.3 Å². The van der Waals surface area contributed by atoms with Crippen LogP contribution in [0.2, 0.25) is 0 Å². The molecule has 1 rings (SSSR count). The van der Waals surface area contributed by atoms with E-state index in [9.17, 15) is 4.79 Å². The van der Waals surface area contributed by atoms with Crippen molar-refractivity contribution in [2.45, 2.75) is 19.8 Å². The maximum absolute atomic E-state index is 10.8. The van der Waals surface area contributed by atoms with Crippen LogP contribution in [0.5, 0.6) is 11.5 Å². The summed E-state index contributed by atoms with van der Waals surface area (Å²) in [6.45, 7) is 4.31. The minimum atomic E-state index is -0.220. The number of hydrogen-bond donors (Lipinski definition) is 0. The van der Waals surface area contributed by atoms with Crippen LogP contribution in [-0.2, 0) is 4.79 Å². The monoisotopic (exact) mass is 208 g/mol. The fraction of sp³-hybridized carbons (Fsp3) is 0.417. The van der Waals surface area contributed by atoms with E-state index in [2.05, 4.69) is 0 Å². The van der Waals surface area contributed by atoms with E-state index in [4.69, 9.17) is 9.47 Å². The van der Waals surface area contributed by atoms with E-state index in [-0.39, 0.29) is 5.92 Å². The normalized spacial score (nSPS) is 11.9. The number of hydrogen-bond acceptors (Lipinski definition) is 3. The Kier molecular flexibility index (Phi) is 4.16. The lowest BCUT2D eigenvalue weighted by atomic mass is 10.0. The Labute approximate surface area is 90.0 Å². The molecule has 0 spiro atoms. The number of aldehydes is 1. The summed E-state index contributed by atoms with van der Waals surface area (Å²) in [6.07, 6.45) is 0.889. The highest BCUT2D eigenvalue weighted by molar-refractivity contribution is 5.66. The lowest BCUT2D eigenvalue weighted by molar-refractivity contribution is -0.108. The van der Waals surface area contributed by atoms with Gasteiger partial charge in [0.25, 0.3) is 0 Å². The van der Waals surface area contributed by atoms with Gasteiger partial charge < -0.3 is 14.3 Å². The van der Waals surface area contributed by atoms with Gasteiger partial charge in [0.15, 0.2) is 0 Å². The van der Waals surface area contributed by atoms with Crippen molar-refractivity contribution in [3.8, 4) is 11.5 Å². The standard InChI is InChI=1S/C12H16O3/c1-4-15-11-7-5-6-10(14-3)12(11)9(2)8-13/h5-9H,4H2,1-3H3. The smallest absolute Gasteiger partial charge is 0.127 e. The number of carbonyl (C=O) groups is 1. The highest BCUT2D eigenvalue weighted by Crippen LogP contribution is 2.34. The molecule has 0 fully saturated rings. The highest BCUT2D eigenvalue weighted by Gasteiger charge is 2.16. The molecule has 15 heavy (non-hydrogen) atoms. The second-order valence-corrected chi connectivity index (χ2v) is 3.23. The van der Waals surface area contributed by atoms with Crippen molar-refractivity contribution in [1.29, 1.82) is 0 Å². The first-order valence-electron chi connectivity index (χ1n) is 4.99. The molecule has 0 aliphatic heterocycles. The molecule has 0 saturated carbocycles. The van der Waals surface area contributed by atoms with Crippen LogP contribution in [0.1, 0.15) is 25.3 Å². The first-order chi connectivity index (χ1) is 7.24. The maximum Gasteiger partial charge on any atom is 0.127 e. The molecule has 82 valence electrons. The summed E-state index contributed by atoms with van der Waals surface area (Å²) in [5, 5.41) is 0. The number of benzene rings is 1. The molecule has 0 amide bonds. The summed E-state index contributed by atoms with van der Waals surface area (Å²) in [7, 11) is 1.59. The molecule has 1 aromatic carbocycles. The fourth-order valence-corrected chi connectivity index (χ4v) is 1.50. The highest BCUT2D eigenvalue weighted by atomic mass is 16.5. The second-order valence-electron chi connectivity index (χ2n) is 3.23. The molecule has 0 aromatic heterocycles. The van der Waals surface area contributed by atoms with Crippen LogP contribution < -0.4 is 9.47 Å². The predicted molar refractivity (Wildman–Crippen MR) is 58.6 cm³/mol. The Morgan fingerprint density at radius 3 is 2.60 bits per heavy atom. The van der Waals surface area contributed by atoms with E-state index >= 15 is 0 Å². The zero-order valence-corrected chi connectivity index (χ0v) is 9.32. The first kappa shape index (κ1) is 11.6. The molecule has 1 aromatic rings. The molecule has 0 N–H and O–H groups in total. The van der Waals surface area contributed by atoms with Gasteiger partial charge in [-0.15, -0.1) is 0 Å². The van der Waals surface area contributed by atoms with Gasteiger partial charge in [-0.05, 0) is 19.1 Å². The topological polar surface area (TPSA) is 35.5 Å². The number of methoxy groups -OCH3 is 1. The summed E-state index contributed by atoms with van der Waals surface area (Å²) in [4.78, 5) is 10.8. The molecule has 1 atom stereocenters. The zero-order chi connectivity index (χ0) is 11.3. The molecule has 0 aliphatic carbocycles. The molecule has 0 radical (unpaired) electrons. The Bertz CT molecular complexity index is 334. The summed E-state index contributed by atoms with van der Waals surface area (Å²) < 4.78 is 10.7. The molecule has 1 unspecified atom stereocenters. The van der Waals surface area contributed by atoms with Crippen molar-refractivity contribution in [3.63, 3.8) is 0 Å². The third kappa shape index (κ3) is 2.49. The van der Waals surface area contributed by atoms with E-state index in [0.717, 1.165) is 17.6 Å². The minimum Gasteiger partial charge on any atom is -0.496 e. The van der Waals surface area contributed by atoms with Crippen molar-refractivity contribution in [1.82, 2.24) is 0 Å². The van der Waals surface area contributed by atoms with Crippen LogP contribution in [-0.4, -0.2) is 20.0 Å². The van der Waals surface area contributed by atoms with Gasteiger partial charge in [0, 0.05) is 11.5 Å². The van der Waals surface area contributed by atoms with Gasteiger partial charge in [-0.3, -0.25) is 0 Å². The molecular weight excluding hydrogens is 192 g/mol. The van der Waals surface area contributed by atoms with Crippen LogP contribution in [0.4, 0.5) is 0 Å². The molecule has 3 nitrogen and oxygen atoms in total. The summed E-state index contributed by atoms with van der Waals surface area (Å²) in [5.41, 5.74) is 0.817. The largest absolute Gasteiger partial charge is 0.496 e. The van der Waals surface area contributed by atoms with Crippen LogP contribution in [0.25, 0.3) is 0 Å². The third-order valence-electron chi connectivity index (χ3n) is 2.21. The average molecular weight is 208 g/mol. The zero-order valence-electron chi connectivity index (χ0n) is 9.32. The summed E-state index contributed by atoms with van der Waals surface area (Å²) in [6, 6.07) is 5.53.